The molecule has 53 heavy (non-hydrogen) atoms. The molecule has 3 fully saturated rings. The summed E-state index contributed by atoms with van der Waals surface area (Å²) in [5.74, 6) is 0.569. The number of amides is 1. The molecule has 4 heterocycles. The van der Waals surface area contributed by atoms with Crippen molar-refractivity contribution >= 4 is 43.1 Å². The number of anilines is 1. The molecule has 2 saturated heterocycles. The van der Waals surface area contributed by atoms with E-state index >= 15 is 0 Å². The number of aryl methyl sites for hydroxylation is 1. The van der Waals surface area contributed by atoms with Crippen LogP contribution in [0.4, 0.5) is 5.69 Å². The second kappa shape index (κ2) is 15.3. The van der Waals surface area contributed by atoms with E-state index in [0.717, 1.165) is 81.3 Å². The first-order chi connectivity index (χ1) is 25.1. The number of rotatable bonds is 2. The quantitative estimate of drug-likeness (QED) is 0.377. The number of aliphatic hydroxyl groups is 1. The van der Waals surface area contributed by atoms with Gasteiger partial charge in [0, 0.05) is 30.2 Å². The number of piperidine rings is 1. The molecular weight excluding hydrogens is 734 g/mol. The van der Waals surface area contributed by atoms with Gasteiger partial charge >= 0.3 is 0 Å². The molecule has 0 aromatic heterocycles. The summed E-state index contributed by atoms with van der Waals surface area (Å²) in [6, 6.07) is 11.1. The van der Waals surface area contributed by atoms with Gasteiger partial charge in [-0.1, -0.05) is 31.0 Å². The molecule has 2 aromatic carbocycles. The Bertz CT molecular complexity index is 1900. The molecule has 292 valence electrons. The minimum absolute atomic E-state index is 0.0510. The molecule has 1 saturated carbocycles. The summed E-state index contributed by atoms with van der Waals surface area (Å²) in [5, 5.41) is 12.7. The summed E-state index contributed by atoms with van der Waals surface area (Å²) in [7, 11) is -6.96. The lowest BCUT2D eigenvalue weighted by molar-refractivity contribution is -0.110. The number of carbonyl (C=O) groups excluding carboxylic acids is 1. The van der Waals surface area contributed by atoms with E-state index in [1.807, 2.05) is 25.1 Å². The molecule has 13 heteroatoms. The highest BCUT2D eigenvalue weighted by atomic mass is 35.5. The first-order valence-electron chi connectivity index (χ1n) is 19.6. The average molecular weight is 790 g/mol. The first-order valence-corrected chi connectivity index (χ1v) is 23.4. The summed E-state index contributed by atoms with van der Waals surface area (Å²) in [6.07, 6.45) is 8.79. The van der Waals surface area contributed by atoms with Crippen LogP contribution in [-0.2, 0) is 32.9 Å². The van der Waals surface area contributed by atoms with E-state index in [2.05, 4.69) is 14.5 Å². The van der Waals surface area contributed by atoms with E-state index in [4.69, 9.17) is 16.3 Å². The van der Waals surface area contributed by atoms with Gasteiger partial charge in [-0.2, -0.15) is 0 Å². The number of benzene rings is 2. The standard InChI is InChI=1S/C40H56ClN3O7S2/c1-28-6-5-14-40(46,26-43-19-15-39(16-20-43)17-21-52(47,48)27-39)35-12-9-32(35)24-44-18-4-3-7-30-22-34(41)11-8-33(30)25-51-37-13-10-31(23-36(37)44)38(45)42-53(49,50)29(28)2/h8,10-11,13,22-23,28-29,32,35,46H,3-7,9,12,14-21,24-27H2,1-2H3,(H,42,45)/t28-,29+,32-,35+,40+/m0/s1. The highest BCUT2D eigenvalue weighted by Crippen LogP contribution is 2.48. The second-order valence-corrected chi connectivity index (χ2v) is 21.7. The van der Waals surface area contributed by atoms with Gasteiger partial charge in [0.05, 0.1) is 28.0 Å². The minimum Gasteiger partial charge on any atom is -0.487 e. The minimum atomic E-state index is -3.98. The smallest absolute Gasteiger partial charge is 0.264 e. The van der Waals surface area contributed by atoms with Crippen LogP contribution in [0.3, 0.4) is 0 Å². The monoisotopic (exact) mass is 789 g/mol. The topological polar surface area (TPSA) is 133 Å². The molecule has 5 aliphatic rings. The average Bonchev–Trinajstić information content (AvgIpc) is 3.38. The molecule has 2 aromatic rings. The van der Waals surface area contributed by atoms with Crippen molar-refractivity contribution in [3.63, 3.8) is 0 Å². The third-order valence-corrected chi connectivity index (χ3v) is 17.5. The zero-order valence-electron chi connectivity index (χ0n) is 31.2. The molecule has 1 spiro atoms. The molecule has 0 radical (unpaired) electrons. The van der Waals surface area contributed by atoms with Gasteiger partial charge in [0.2, 0.25) is 10.0 Å². The van der Waals surface area contributed by atoms with Crippen LogP contribution in [0, 0.1) is 23.2 Å². The Morgan fingerprint density at radius 1 is 0.925 bits per heavy atom. The first kappa shape index (κ1) is 38.9. The molecule has 1 amide bonds. The van der Waals surface area contributed by atoms with Gasteiger partial charge in [-0.25, -0.2) is 21.6 Å². The highest BCUT2D eigenvalue weighted by molar-refractivity contribution is 7.91. The lowest BCUT2D eigenvalue weighted by Gasteiger charge is -2.52. The normalized spacial score (nSPS) is 31.9. The number of β-amino-alcohol motifs (C(OH)–C–C–N with tert-alkyl or cyclic N) is 1. The molecule has 1 aliphatic carbocycles. The number of nitrogens with one attached hydrogen (secondary N) is 1. The lowest BCUT2D eigenvalue weighted by Crippen LogP contribution is -2.57. The summed E-state index contributed by atoms with van der Waals surface area (Å²) < 4.78 is 60.7. The summed E-state index contributed by atoms with van der Waals surface area (Å²) in [4.78, 5) is 18.2. The van der Waals surface area contributed by atoms with Crippen molar-refractivity contribution in [1.82, 2.24) is 9.62 Å². The van der Waals surface area contributed by atoms with Crippen LogP contribution in [0.5, 0.6) is 5.75 Å². The molecule has 4 aliphatic heterocycles. The Morgan fingerprint density at radius 3 is 2.43 bits per heavy atom. The zero-order valence-corrected chi connectivity index (χ0v) is 33.6. The molecule has 5 atom stereocenters. The predicted octanol–water partition coefficient (Wildman–Crippen LogP) is 5.99. The Balaban J connectivity index is 1.20. The maximum absolute atomic E-state index is 13.6. The summed E-state index contributed by atoms with van der Waals surface area (Å²) in [6.45, 7) is 7.35. The zero-order chi connectivity index (χ0) is 37.6. The van der Waals surface area contributed by atoms with Gasteiger partial charge in [0.1, 0.15) is 12.4 Å². The molecule has 2 N–H and O–H groups in total. The number of hydrogen-bond donors (Lipinski definition) is 2. The number of carbonyl (C=O) groups is 1. The van der Waals surface area contributed by atoms with Gasteiger partial charge in [0.25, 0.3) is 5.91 Å². The van der Waals surface area contributed by atoms with E-state index in [1.165, 1.54) is 0 Å². The fourth-order valence-corrected chi connectivity index (χ4v) is 13.5. The maximum atomic E-state index is 13.6. The Hall–Kier alpha value is -2.38. The van der Waals surface area contributed by atoms with Gasteiger partial charge in [-0.05, 0) is 149 Å². The van der Waals surface area contributed by atoms with E-state index in [-0.39, 0.29) is 40.2 Å². The number of halogens is 1. The number of sulfone groups is 1. The number of likely N-dealkylation sites (tertiary alicyclic amines) is 1. The number of sulfonamides is 1. The van der Waals surface area contributed by atoms with E-state index in [9.17, 15) is 26.7 Å². The van der Waals surface area contributed by atoms with Crippen molar-refractivity contribution in [1.29, 1.82) is 0 Å². The van der Waals surface area contributed by atoms with Crippen molar-refractivity contribution in [3.05, 3.63) is 58.1 Å². The molecule has 7 rings (SSSR count). The number of fused-ring (bicyclic) bond motifs is 3. The SMILES string of the molecule is C[C@@H]1[C@@H](C)CCC[C@@](O)(CN2CCC3(CC2)CCS(=O)(=O)C3)[C@@H]2CC[C@H]2CN2CCCCc3cc(Cl)ccc3COc3ccc(cc32)C(=O)NS1(=O)=O. The molecule has 10 nitrogen and oxygen atoms in total. The third kappa shape index (κ3) is 8.56. The van der Waals surface area contributed by atoms with Crippen molar-refractivity contribution in [2.75, 3.05) is 49.1 Å². The number of nitrogens with zero attached hydrogens (tertiary/aromatic N) is 2. The summed E-state index contributed by atoms with van der Waals surface area (Å²) >= 11 is 6.38. The van der Waals surface area contributed by atoms with Crippen LogP contribution in [0.2, 0.25) is 5.02 Å². The van der Waals surface area contributed by atoms with E-state index < -0.39 is 36.6 Å². The van der Waals surface area contributed by atoms with Crippen molar-refractivity contribution in [2.24, 2.45) is 23.2 Å². The Labute approximate surface area is 321 Å². The largest absolute Gasteiger partial charge is 0.487 e. The van der Waals surface area contributed by atoms with Crippen LogP contribution in [-0.4, -0.2) is 87.8 Å². The fraction of sp³-hybridized carbons (Fsp3) is 0.675. The van der Waals surface area contributed by atoms with Gasteiger partial charge in [-0.3, -0.25) is 4.79 Å². The van der Waals surface area contributed by atoms with Gasteiger partial charge < -0.3 is 19.6 Å². The molecular formula is C40H56ClN3O7S2. The molecule has 2 bridgehead atoms. The highest BCUT2D eigenvalue weighted by Gasteiger charge is 2.50. The van der Waals surface area contributed by atoms with Crippen molar-refractivity contribution in [2.45, 2.75) is 102 Å². The number of ether oxygens (including phenoxy) is 1. The van der Waals surface area contributed by atoms with Crippen LogP contribution < -0.4 is 14.4 Å². The third-order valence-electron chi connectivity index (χ3n) is 13.5. The Kier molecular flexibility index (Phi) is 11.2. The lowest BCUT2D eigenvalue weighted by atomic mass is 9.62. The summed E-state index contributed by atoms with van der Waals surface area (Å²) in [5.41, 5.74) is 2.12. The van der Waals surface area contributed by atoms with Crippen LogP contribution in [0.1, 0.15) is 99.5 Å². The van der Waals surface area contributed by atoms with E-state index in [0.29, 0.717) is 56.3 Å². The van der Waals surface area contributed by atoms with E-state index in [1.54, 1.807) is 25.1 Å². The number of hydrogen-bond acceptors (Lipinski definition) is 9. The predicted molar refractivity (Wildman–Crippen MR) is 209 cm³/mol. The van der Waals surface area contributed by atoms with Gasteiger partial charge in [-0.15, -0.1) is 0 Å². The second-order valence-electron chi connectivity index (χ2n) is 17.0. The van der Waals surface area contributed by atoms with Crippen LogP contribution >= 0.6 is 11.6 Å². The van der Waals surface area contributed by atoms with Crippen molar-refractivity contribution < 1.29 is 31.5 Å². The van der Waals surface area contributed by atoms with Crippen molar-refractivity contribution in [3.8, 4) is 5.75 Å². The fourth-order valence-electron chi connectivity index (χ4n) is 9.74. The van der Waals surface area contributed by atoms with Crippen LogP contribution in [0.25, 0.3) is 0 Å². The maximum Gasteiger partial charge on any atom is 0.264 e. The Morgan fingerprint density at radius 2 is 1.72 bits per heavy atom. The van der Waals surface area contributed by atoms with Crippen LogP contribution in [0.15, 0.2) is 36.4 Å². The molecule has 0 unspecified atom stereocenters. The van der Waals surface area contributed by atoms with Gasteiger partial charge in [0.15, 0.2) is 9.84 Å².